The van der Waals surface area contributed by atoms with Gasteiger partial charge in [-0.05, 0) is 13.8 Å². The zero-order chi connectivity index (χ0) is 11.4. The van der Waals surface area contributed by atoms with Gasteiger partial charge in [0.25, 0.3) is 5.91 Å². The van der Waals surface area contributed by atoms with Crippen LogP contribution in [0.5, 0.6) is 0 Å². The van der Waals surface area contributed by atoms with Gasteiger partial charge in [0, 0.05) is 29.3 Å². The molecule has 2 N–H and O–H groups in total. The van der Waals surface area contributed by atoms with Gasteiger partial charge in [0.2, 0.25) is 0 Å². The van der Waals surface area contributed by atoms with Crippen LogP contribution in [0, 0.1) is 6.92 Å². The van der Waals surface area contributed by atoms with E-state index >= 15 is 0 Å². The number of alkyl halides is 1. The van der Waals surface area contributed by atoms with E-state index in [4.69, 9.17) is 0 Å². The highest BCUT2D eigenvalue weighted by atomic mass is 79.9. The van der Waals surface area contributed by atoms with Gasteiger partial charge in [0.05, 0.1) is 0 Å². The third kappa shape index (κ3) is 3.20. The van der Waals surface area contributed by atoms with Crippen LogP contribution in [0.1, 0.15) is 23.0 Å². The van der Waals surface area contributed by atoms with E-state index in [9.17, 15) is 9.59 Å². The molecule has 0 radical (unpaired) electrons. The first-order chi connectivity index (χ1) is 7.04. The molecule has 0 aliphatic rings. The number of nitrogens with one attached hydrogen (secondary N) is 2. The van der Waals surface area contributed by atoms with Gasteiger partial charge in [-0.3, -0.25) is 9.59 Å². The summed E-state index contributed by atoms with van der Waals surface area (Å²) in [6.07, 6.45) is 1.44. The predicted octanol–water partition coefficient (Wildman–Crippen LogP) is 1.20. The molecule has 0 aliphatic heterocycles. The van der Waals surface area contributed by atoms with E-state index in [-0.39, 0.29) is 22.9 Å². The van der Waals surface area contributed by atoms with E-state index in [2.05, 4.69) is 26.2 Å². The van der Waals surface area contributed by atoms with Crippen molar-refractivity contribution in [3.8, 4) is 0 Å². The van der Waals surface area contributed by atoms with Crippen molar-refractivity contribution in [2.75, 3.05) is 5.33 Å². The van der Waals surface area contributed by atoms with Crippen LogP contribution in [-0.4, -0.2) is 22.3 Å². The molecule has 0 spiro atoms. The molecular formula is C10H13BrN2O2. The van der Waals surface area contributed by atoms with Crippen molar-refractivity contribution in [3.05, 3.63) is 33.7 Å². The van der Waals surface area contributed by atoms with Crippen molar-refractivity contribution >= 4 is 21.8 Å². The standard InChI is InChI=1S/C10H13BrN2O2/c1-6-3-9(14)8(5-12-6)10(15)13-7(2)4-11/h3,5,7H,4H2,1-2H3,(H,12,14)(H,13,15). The summed E-state index contributed by atoms with van der Waals surface area (Å²) >= 11 is 3.25. The Labute approximate surface area is 96.2 Å². The first-order valence-corrected chi connectivity index (χ1v) is 5.73. The van der Waals surface area contributed by atoms with Gasteiger partial charge in [-0.15, -0.1) is 0 Å². The van der Waals surface area contributed by atoms with Crippen molar-refractivity contribution in [1.29, 1.82) is 0 Å². The van der Waals surface area contributed by atoms with Crippen molar-refractivity contribution < 1.29 is 4.79 Å². The Morgan fingerprint density at radius 2 is 2.33 bits per heavy atom. The molecule has 1 aromatic rings. The Kier molecular flexibility index (Phi) is 4.08. The third-order valence-electron chi connectivity index (χ3n) is 1.91. The Morgan fingerprint density at radius 1 is 1.67 bits per heavy atom. The van der Waals surface area contributed by atoms with Gasteiger partial charge < -0.3 is 10.3 Å². The van der Waals surface area contributed by atoms with E-state index in [1.807, 2.05) is 6.92 Å². The van der Waals surface area contributed by atoms with Crippen LogP contribution in [0.3, 0.4) is 0 Å². The molecule has 1 unspecified atom stereocenters. The number of amides is 1. The highest BCUT2D eigenvalue weighted by Gasteiger charge is 2.11. The SMILES string of the molecule is Cc1cc(=O)c(C(=O)NC(C)CBr)c[nH]1. The van der Waals surface area contributed by atoms with Gasteiger partial charge in [-0.2, -0.15) is 0 Å². The second-order valence-electron chi connectivity index (χ2n) is 3.42. The first-order valence-electron chi connectivity index (χ1n) is 4.60. The van der Waals surface area contributed by atoms with Crippen molar-refractivity contribution in [1.82, 2.24) is 10.3 Å². The second-order valence-corrected chi connectivity index (χ2v) is 4.07. The quantitative estimate of drug-likeness (QED) is 0.813. The Balaban J connectivity index is 2.88. The van der Waals surface area contributed by atoms with E-state index in [0.717, 1.165) is 5.69 Å². The summed E-state index contributed by atoms with van der Waals surface area (Å²) in [4.78, 5) is 25.9. The summed E-state index contributed by atoms with van der Waals surface area (Å²) in [6, 6.07) is 1.41. The fraction of sp³-hybridized carbons (Fsp3) is 0.400. The van der Waals surface area contributed by atoms with Crippen LogP contribution in [-0.2, 0) is 0 Å². The van der Waals surface area contributed by atoms with Gasteiger partial charge in [-0.1, -0.05) is 15.9 Å². The maximum Gasteiger partial charge on any atom is 0.256 e. The Bertz CT molecular complexity index is 414. The van der Waals surface area contributed by atoms with Crippen molar-refractivity contribution in [2.24, 2.45) is 0 Å². The number of hydrogen-bond acceptors (Lipinski definition) is 2. The van der Waals surface area contributed by atoms with E-state index < -0.39 is 0 Å². The van der Waals surface area contributed by atoms with Crippen LogP contribution < -0.4 is 10.7 Å². The summed E-state index contributed by atoms with van der Waals surface area (Å²) in [6.45, 7) is 3.62. The number of rotatable bonds is 3. The first kappa shape index (κ1) is 12.0. The molecule has 1 atom stereocenters. The smallest absolute Gasteiger partial charge is 0.256 e. The highest BCUT2D eigenvalue weighted by molar-refractivity contribution is 9.09. The zero-order valence-corrected chi connectivity index (χ0v) is 10.2. The van der Waals surface area contributed by atoms with Crippen molar-refractivity contribution in [3.63, 3.8) is 0 Å². The fourth-order valence-electron chi connectivity index (χ4n) is 1.09. The molecule has 0 bridgehead atoms. The second kappa shape index (κ2) is 5.11. The zero-order valence-electron chi connectivity index (χ0n) is 8.63. The number of aryl methyl sites for hydroxylation is 1. The van der Waals surface area contributed by atoms with Crippen LogP contribution >= 0.6 is 15.9 Å². The number of aromatic nitrogens is 1. The monoisotopic (exact) mass is 272 g/mol. The van der Waals surface area contributed by atoms with E-state index in [0.29, 0.717) is 5.33 Å². The molecule has 82 valence electrons. The van der Waals surface area contributed by atoms with E-state index in [1.165, 1.54) is 12.3 Å². The average molecular weight is 273 g/mol. The number of H-pyrrole nitrogens is 1. The minimum atomic E-state index is -0.344. The molecule has 0 fully saturated rings. The molecule has 0 saturated carbocycles. The topological polar surface area (TPSA) is 62.0 Å². The fourth-order valence-corrected chi connectivity index (χ4v) is 1.25. The molecular weight excluding hydrogens is 260 g/mol. The molecule has 0 aromatic carbocycles. The third-order valence-corrected chi connectivity index (χ3v) is 2.88. The van der Waals surface area contributed by atoms with Crippen LogP contribution in [0.2, 0.25) is 0 Å². The van der Waals surface area contributed by atoms with Gasteiger partial charge >= 0.3 is 0 Å². The molecule has 1 rings (SSSR count). The van der Waals surface area contributed by atoms with Crippen molar-refractivity contribution in [2.45, 2.75) is 19.9 Å². The normalized spacial score (nSPS) is 12.2. The number of pyridine rings is 1. The van der Waals surface area contributed by atoms with Crippen LogP contribution in [0.15, 0.2) is 17.1 Å². The number of aromatic amines is 1. The molecule has 15 heavy (non-hydrogen) atoms. The lowest BCUT2D eigenvalue weighted by Crippen LogP contribution is -2.36. The molecule has 0 aliphatic carbocycles. The minimum Gasteiger partial charge on any atom is -0.364 e. The van der Waals surface area contributed by atoms with E-state index in [1.54, 1.807) is 6.92 Å². The average Bonchev–Trinajstić information content (AvgIpc) is 2.17. The largest absolute Gasteiger partial charge is 0.364 e. The van der Waals surface area contributed by atoms with Gasteiger partial charge in [-0.25, -0.2) is 0 Å². The van der Waals surface area contributed by atoms with Gasteiger partial charge in [0.15, 0.2) is 5.43 Å². The van der Waals surface area contributed by atoms with Crippen LogP contribution in [0.4, 0.5) is 0 Å². The highest BCUT2D eigenvalue weighted by Crippen LogP contribution is 1.95. The molecule has 4 nitrogen and oxygen atoms in total. The Hall–Kier alpha value is -1.10. The predicted molar refractivity (Wildman–Crippen MR) is 62.5 cm³/mol. The molecule has 1 aromatic heterocycles. The molecule has 1 amide bonds. The maximum absolute atomic E-state index is 11.6. The summed E-state index contributed by atoms with van der Waals surface area (Å²) in [5.74, 6) is -0.344. The summed E-state index contributed by atoms with van der Waals surface area (Å²) in [7, 11) is 0. The summed E-state index contributed by atoms with van der Waals surface area (Å²) in [5.41, 5.74) is 0.629. The lowest BCUT2D eigenvalue weighted by molar-refractivity contribution is 0.0942. The molecule has 0 saturated heterocycles. The van der Waals surface area contributed by atoms with Crippen LogP contribution in [0.25, 0.3) is 0 Å². The maximum atomic E-state index is 11.6. The number of halogens is 1. The minimum absolute atomic E-state index is 0.00166. The lowest BCUT2D eigenvalue weighted by Gasteiger charge is -2.09. The number of carbonyl (C=O) groups excluding carboxylic acids is 1. The summed E-state index contributed by atoms with van der Waals surface area (Å²) < 4.78 is 0. The molecule has 5 heteroatoms. The number of carbonyl (C=O) groups is 1. The Morgan fingerprint density at radius 3 is 2.87 bits per heavy atom. The number of hydrogen-bond donors (Lipinski definition) is 2. The van der Waals surface area contributed by atoms with Gasteiger partial charge in [0.1, 0.15) is 5.56 Å². The molecule has 1 heterocycles. The summed E-state index contributed by atoms with van der Waals surface area (Å²) in [5, 5.41) is 3.36. The lowest BCUT2D eigenvalue weighted by atomic mass is 10.2.